The average molecular weight is 310 g/mol. The number of hydrogen-bond acceptors (Lipinski definition) is 2. The third kappa shape index (κ3) is 4.21. The van der Waals surface area contributed by atoms with E-state index in [0.717, 1.165) is 23.6 Å². The van der Waals surface area contributed by atoms with Gasteiger partial charge in [0.1, 0.15) is 0 Å². The van der Waals surface area contributed by atoms with E-state index in [1.807, 2.05) is 29.2 Å². The molecule has 3 nitrogen and oxygen atoms in total. The fourth-order valence-corrected chi connectivity index (χ4v) is 3.03. The first kappa shape index (κ1) is 16.3. The van der Waals surface area contributed by atoms with Crippen LogP contribution in [0.3, 0.4) is 0 Å². The van der Waals surface area contributed by atoms with Crippen molar-refractivity contribution >= 4 is 17.5 Å². The van der Waals surface area contributed by atoms with E-state index in [0.29, 0.717) is 19.1 Å². The van der Waals surface area contributed by atoms with Gasteiger partial charge < -0.3 is 9.64 Å². The van der Waals surface area contributed by atoms with E-state index >= 15 is 0 Å². The lowest BCUT2D eigenvalue weighted by Crippen LogP contribution is -2.38. The molecule has 0 spiro atoms. The summed E-state index contributed by atoms with van der Waals surface area (Å²) < 4.78 is 5.12. The Bertz CT molecular complexity index is 489. The molecule has 0 radical (unpaired) electrons. The fraction of sp³-hybridized carbons (Fsp3) is 0.588. The number of amides is 1. The molecule has 0 aliphatic heterocycles. The van der Waals surface area contributed by atoms with Gasteiger partial charge in [0.2, 0.25) is 5.91 Å². The second-order valence-electron chi connectivity index (χ2n) is 6.14. The van der Waals surface area contributed by atoms with Gasteiger partial charge in [-0.3, -0.25) is 4.79 Å². The molecule has 0 saturated heterocycles. The van der Waals surface area contributed by atoms with Crippen molar-refractivity contribution in [2.24, 2.45) is 11.8 Å². The number of nitrogens with zero attached hydrogens (tertiary/aromatic N) is 1. The molecule has 21 heavy (non-hydrogen) atoms. The summed E-state index contributed by atoms with van der Waals surface area (Å²) in [5.41, 5.74) is 1.11. The van der Waals surface area contributed by atoms with Crippen LogP contribution in [0, 0.1) is 11.8 Å². The van der Waals surface area contributed by atoms with Crippen molar-refractivity contribution in [2.75, 3.05) is 26.8 Å². The van der Waals surface area contributed by atoms with Crippen LogP contribution >= 0.6 is 11.6 Å². The standard InChI is InChI=1S/C17H24ClNO2/c1-12(2)11-19(8-9-21-3)17(20)15-10-14(15)13-6-4-5-7-16(13)18/h4-7,12,14-15H,8-11H2,1-3H3. The Morgan fingerprint density at radius 3 is 2.76 bits per heavy atom. The predicted molar refractivity (Wildman–Crippen MR) is 85.6 cm³/mol. The molecule has 1 aliphatic carbocycles. The first-order valence-electron chi connectivity index (χ1n) is 7.56. The molecule has 1 aromatic rings. The molecule has 0 heterocycles. The van der Waals surface area contributed by atoms with E-state index in [1.165, 1.54) is 0 Å². The van der Waals surface area contributed by atoms with E-state index in [-0.39, 0.29) is 17.7 Å². The molecule has 0 bridgehead atoms. The lowest BCUT2D eigenvalue weighted by atomic mass is 10.1. The van der Waals surface area contributed by atoms with Crippen molar-refractivity contribution in [3.63, 3.8) is 0 Å². The Morgan fingerprint density at radius 1 is 1.43 bits per heavy atom. The summed E-state index contributed by atoms with van der Waals surface area (Å²) in [4.78, 5) is 14.6. The number of benzene rings is 1. The molecular weight excluding hydrogens is 286 g/mol. The number of halogens is 1. The highest BCUT2D eigenvalue weighted by Crippen LogP contribution is 2.50. The lowest BCUT2D eigenvalue weighted by Gasteiger charge is -2.24. The maximum absolute atomic E-state index is 12.7. The normalized spacial score (nSPS) is 20.6. The molecule has 1 fully saturated rings. The summed E-state index contributed by atoms with van der Waals surface area (Å²) >= 11 is 6.23. The van der Waals surface area contributed by atoms with Crippen molar-refractivity contribution in [1.29, 1.82) is 0 Å². The predicted octanol–water partition coefficient (Wildman–Crippen LogP) is 3.57. The highest BCUT2D eigenvalue weighted by molar-refractivity contribution is 6.31. The first-order valence-corrected chi connectivity index (χ1v) is 7.94. The van der Waals surface area contributed by atoms with Gasteiger partial charge in [-0.2, -0.15) is 0 Å². The largest absolute Gasteiger partial charge is 0.383 e. The molecule has 2 atom stereocenters. The van der Waals surface area contributed by atoms with Crippen LogP contribution in [-0.4, -0.2) is 37.6 Å². The van der Waals surface area contributed by atoms with Gasteiger partial charge in [0.15, 0.2) is 0 Å². The topological polar surface area (TPSA) is 29.5 Å². The van der Waals surface area contributed by atoms with Gasteiger partial charge in [-0.25, -0.2) is 0 Å². The van der Waals surface area contributed by atoms with Crippen LogP contribution in [0.15, 0.2) is 24.3 Å². The highest BCUT2D eigenvalue weighted by atomic mass is 35.5. The number of carbonyl (C=O) groups is 1. The summed E-state index contributed by atoms with van der Waals surface area (Å²) in [5, 5.41) is 0.769. The second kappa shape index (κ2) is 7.28. The fourth-order valence-electron chi connectivity index (χ4n) is 2.76. The molecule has 116 valence electrons. The SMILES string of the molecule is COCCN(CC(C)C)C(=O)C1CC1c1ccccc1Cl. The van der Waals surface area contributed by atoms with Gasteiger partial charge >= 0.3 is 0 Å². The van der Waals surface area contributed by atoms with E-state index in [2.05, 4.69) is 13.8 Å². The third-order valence-corrected chi connectivity index (χ3v) is 4.22. The van der Waals surface area contributed by atoms with E-state index in [1.54, 1.807) is 7.11 Å². The Morgan fingerprint density at radius 2 is 2.14 bits per heavy atom. The molecule has 1 saturated carbocycles. The van der Waals surface area contributed by atoms with Crippen molar-refractivity contribution in [1.82, 2.24) is 4.90 Å². The van der Waals surface area contributed by atoms with Crippen LogP contribution in [0.1, 0.15) is 31.7 Å². The van der Waals surface area contributed by atoms with Crippen LogP contribution in [-0.2, 0) is 9.53 Å². The van der Waals surface area contributed by atoms with Crippen LogP contribution in [0.25, 0.3) is 0 Å². The van der Waals surface area contributed by atoms with Crippen LogP contribution < -0.4 is 0 Å². The Hall–Kier alpha value is -1.06. The number of rotatable bonds is 7. The Kier molecular flexibility index (Phi) is 5.65. The van der Waals surface area contributed by atoms with E-state index in [9.17, 15) is 4.79 Å². The minimum absolute atomic E-state index is 0.0838. The molecule has 4 heteroatoms. The molecule has 1 amide bonds. The number of carbonyl (C=O) groups excluding carboxylic acids is 1. The lowest BCUT2D eigenvalue weighted by molar-refractivity contribution is -0.133. The second-order valence-corrected chi connectivity index (χ2v) is 6.55. The molecule has 0 aromatic heterocycles. The Labute approximate surface area is 132 Å². The van der Waals surface area contributed by atoms with E-state index < -0.39 is 0 Å². The molecule has 1 aliphatic rings. The molecule has 2 unspecified atom stereocenters. The first-order chi connectivity index (χ1) is 10.0. The van der Waals surface area contributed by atoms with Gasteiger partial charge in [-0.15, -0.1) is 0 Å². The molecular formula is C17H24ClNO2. The zero-order valence-electron chi connectivity index (χ0n) is 13.0. The zero-order valence-corrected chi connectivity index (χ0v) is 13.8. The summed E-state index contributed by atoms with van der Waals surface area (Å²) in [5.74, 6) is 1.07. The van der Waals surface area contributed by atoms with Gasteiger partial charge in [0, 0.05) is 31.1 Å². The maximum atomic E-state index is 12.7. The quantitative estimate of drug-likeness (QED) is 0.770. The molecule has 2 rings (SSSR count). The summed E-state index contributed by atoms with van der Waals surface area (Å²) in [6.45, 7) is 6.30. The summed E-state index contributed by atoms with van der Waals surface area (Å²) in [6, 6.07) is 7.84. The van der Waals surface area contributed by atoms with Crippen LogP contribution in [0.2, 0.25) is 5.02 Å². The van der Waals surface area contributed by atoms with Gasteiger partial charge in [-0.1, -0.05) is 43.6 Å². The third-order valence-electron chi connectivity index (χ3n) is 3.87. The average Bonchev–Trinajstić information content (AvgIpc) is 3.23. The number of methoxy groups -OCH3 is 1. The monoisotopic (exact) mass is 309 g/mol. The van der Waals surface area contributed by atoms with Crippen molar-refractivity contribution in [3.05, 3.63) is 34.9 Å². The minimum atomic E-state index is 0.0838. The summed E-state index contributed by atoms with van der Waals surface area (Å²) in [6.07, 6.45) is 0.907. The number of hydrogen-bond donors (Lipinski definition) is 0. The van der Waals surface area contributed by atoms with Gasteiger partial charge in [0.25, 0.3) is 0 Å². The maximum Gasteiger partial charge on any atom is 0.226 e. The van der Waals surface area contributed by atoms with Crippen LogP contribution in [0.4, 0.5) is 0 Å². The Balaban J connectivity index is 2.01. The molecule has 0 N–H and O–H groups in total. The molecule has 1 aromatic carbocycles. The van der Waals surface area contributed by atoms with E-state index in [4.69, 9.17) is 16.3 Å². The smallest absolute Gasteiger partial charge is 0.226 e. The van der Waals surface area contributed by atoms with Gasteiger partial charge in [-0.05, 0) is 29.9 Å². The highest BCUT2D eigenvalue weighted by Gasteiger charge is 2.46. The zero-order chi connectivity index (χ0) is 15.4. The van der Waals surface area contributed by atoms with Crippen LogP contribution in [0.5, 0.6) is 0 Å². The summed E-state index contributed by atoms with van der Waals surface area (Å²) in [7, 11) is 1.67. The van der Waals surface area contributed by atoms with Crippen molar-refractivity contribution in [3.8, 4) is 0 Å². The minimum Gasteiger partial charge on any atom is -0.383 e. The van der Waals surface area contributed by atoms with Crippen molar-refractivity contribution < 1.29 is 9.53 Å². The van der Waals surface area contributed by atoms with Crippen molar-refractivity contribution in [2.45, 2.75) is 26.2 Å². The number of ether oxygens (including phenoxy) is 1. The van der Waals surface area contributed by atoms with Gasteiger partial charge in [0.05, 0.1) is 6.61 Å².